The maximum absolute atomic E-state index is 11.9. The molecule has 5 nitrogen and oxygen atoms in total. The molecule has 0 bridgehead atoms. The molecule has 2 saturated heterocycles. The summed E-state index contributed by atoms with van der Waals surface area (Å²) < 4.78 is 10.4. The zero-order valence-electron chi connectivity index (χ0n) is 9.69. The Bertz CT molecular complexity index is 307. The van der Waals surface area contributed by atoms with Crippen molar-refractivity contribution in [1.82, 2.24) is 4.90 Å². The summed E-state index contributed by atoms with van der Waals surface area (Å²) in [5.74, 6) is -0.183. The molecule has 0 aromatic heterocycles. The highest BCUT2D eigenvalue weighted by atomic mass is 16.7. The minimum Gasteiger partial charge on any atom is -0.355 e. The Labute approximate surface area is 94.7 Å². The van der Waals surface area contributed by atoms with Crippen molar-refractivity contribution >= 4 is 11.8 Å². The maximum Gasteiger partial charge on any atom is 0.235 e. The Hall–Kier alpha value is -0.940. The lowest BCUT2D eigenvalue weighted by Gasteiger charge is -2.27. The van der Waals surface area contributed by atoms with E-state index in [1.54, 1.807) is 13.8 Å². The van der Waals surface area contributed by atoms with Crippen LogP contribution in [0.15, 0.2) is 0 Å². The van der Waals surface area contributed by atoms with Crippen molar-refractivity contribution in [2.45, 2.75) is 32.8 Å². The van der Waals surface area contributed by atoms with Gasteiger partial charge in [-0.1, -0.05) is 13.8 Å². The molecular weight excluding hydrogens is 210 g/mol. The Morgan fingerprint density at radius 3 is 2.69 bits per heavy atom. The normalized spacial score (nSPS) is 29.9. The molecule has 0 unspecified atom stereocenters. The van der Waals surface area contributed by atoms with Gasteiger partial charge < -0.3 is 9.47 Å². The zero-order chi connectivity index (χ0) is 11.8. The van der Waals surface area contributed by atoms with Gasteiger partial charge in [-0.3, -0.25) is 14.5 Å². The Balaban J connectivity index is 1.99. The number of amides is 2. The van der Waals surface area contributed by atoms with Gasteiger partial charge in [-0.25, -0.2) is 0 Å². The fraction of sp³-hybridized carbons (Fsp3) is 0.818. The van der Waals surface area contributed by atoms with Crippen LogP contribution in [0.3, 0.4) is 0 Å². The third-order valence-electron chi connectivity index (χ3n) is 3.08. The number of nitrogens with zero attached hydrogens (tertiary/aromatic N) is 1. The minimum absolute atomic E-state index is 0.0736. The maximum atomic E-state index is 11.9. The van der Waals surface area contributed by atoms with Gasteiger partial charge in [0.25, 0.3) is 0 Å². The smallest absolute Gasteiger partial charge is 0.235 e. The summed E-state index contributed by atoms with van der Waals surface area (Å²) in [6, 6.07) is 0. The van der Waals surface area contributed by atoms with Gasteiger partial charge in [0.1, 0.15) is 6.79 Å². The number of hydrogen-bond donors (Lipinski definition) is 0. The molecule has 16 heavy (non-hydrogen) atoms. The average molecular weight is 227 g/mol. The van der Waals surface area contributed by atoms with Crippen molar-refractivity contribution in [3.8, 4) is 0 Å². The standard InChI is InChI=1S/C11H17NO4/c1-11(2)5-9(13)12(10(11)14)6-8-3-4-15-7-16-8/h8H,3-7H2,1-2H3/t8-/m0/s1. The van der Waals surface area contributed by atoms with Crippen LogP contribution in [0.25, 0.3) is 0 Å². The topological polar surface area (TPSA) is 55.8 Å². The summed E-state index contributed by atoms with van der Waals surface area (Å²) >= 11 is 0. The van der Waals surface area contributed by atoms with E-state index in [4.69, 9.17) is 9.47 Å². The Morgan fingerprint density at radius 2 is 2.19 bits per heavy atom. The molecule has 90 valence electrons. The molecule has 2 aliphatic heterocycles. The lowest BCUT2D eigenvalue weighted by Crippen LogP contribution is -2.41. The second-order valence-corrected chi connectivity index (χ2v) is 4.97. The molecule has 0 aliphatic carbocycles. The summed E-state index contributed by atoms with van der Waals surface area (Å²) in [6.45, 7) is 4.86. The van der Waals surface area contributed by atoms with Crippen LogP contribution < -0.4 is 0 Å². The summed E-state index contributed by atoms with van der Waals surface area (Å²) in [5, 5.41) is 0. The van der Waals surface area contributed by atoms with Gasteiger partial charge in [-0.2, -0.15) is 0 Å². The van der Waals surface area contributed by atoms with Gasteiger partial charge in [0.05, 0.1) is 24.7 Å². The van der Waals surface area contributed by atoms with Gasteiger partial charge in [-0.15, -0.1) is 0 Å². The van der Waals surface area contributed by atoms with Crippen molar-refractivity contribution < 1.29 is 19.1 Å². The lowest BCUT2D eigenvalue weighted by atomic mass is 9.92. The molecule has 0 aromatic carbocycles. The van der Waals surface area contributed by atoms with Gasteiger partial charge in [-0.05, 0) is 6.42 Å². The summed E-state index contributed by atoms with van der Waals surface area (Å²) in [7, 11) is 0. The first-order valence-electron chi connectivity index (χ1n) is 5.55. The first kappa shape index (κ1) is 11.5. The van der Waals surface area contributed by atoms with Crippen molar-refractivity contribution in [2.75, 3.05) is 19.9 Å². The second-order valence-electron chi connectivity index (χ2n) is 4.97. The quantitative estimate of drug-likeness (QED) is 0.646. The molecule has 2 rings (SSSR count). The molecule has 0 radical (unpaired) electrons. The van der Waals surface area contributed by atoms with E-state index in [0.717, 1.165) is 6.42 Å². The van der Waals surface area contributed by atoms with Crippen LogP contribution in [0.5, 0.6) is 0 Å². The number of likely N-dealkylation sites (tertiary alicyclic amines) is 1. The van der Waals surface area contributed by atoms with E-state index in [-0.39, 0.29) is 24.7 Å². The molecular formula is C11H17NO4. The predicted molar refractivity (Wildman–Crippen MR) is 55.4 cm³/mol. The zero-order valence-corrected chi connectivity index (χ0v) is 9.69. The number of carbonyl (C=O) groups excluding carboxylic acids is 2. The van der Waals surface area contributed by atoms with Crippen LogP contribution in [0, 0.1) is 5.41 Å². The number of carbonyl (C=O) groups is 2. The fourth-order valence-electron chi connectivity index (χ4n) is 2.06. The van der Waals surface area contributed by atoms with Crippen LogP contribution in [-0.2, 0) is 19.1 Å². The number of rotatable bonds is 2. The number of imide groups is 1. The third kappa shape index (κ3) is 2.10. The van der Waals surface area contributed by atoms with E-state index in [1.165, 1.54) is 4.90 Å². The first-order valence-corrected chi connectivity index (χ1v) is 5.55. The van der Waals surface area contributed by atoms with Gasteiger partial charge in [0, 0.05) is 6.42 Å². The summed E-state index contributed by atoms with van der Waals surface area (Å²) in [5.41, 5.74) is -0.553. The monoisotopic (exact) mass is 227 g/mol. The van der Waals surface area contributed by atoms with Crippen molar-refractivity contribution in [2.24, 2.45) is 5.41 Å². The van der Waals surface area contributed by atoms with Gasteiger partial charge in [0.15, 0.2) is 0 Å². The van der Waals surface area contributed by atoms with Crippen LogP contribution >= 0.6 is 0 Å². The molecule has 0 saturated carbocycles. The largest absolute Gasteiger partial charge is 0.355 e. The second kappa shape index (κ2) is 4.14. The van der Waals surface area contributed by atoms with Crippen LogP contribution in [0.1, 0.15) is 26.7 Å². The van der Waals surface area contributed by atoms with E-state index < -0.39 is 5.41 Å². The van der Waals surface area contributed by atoms with E-state index in [2.05, 4.69) is 0 Å². The molecule has 2 amide bonds. The minimum atomic E-state index is -0.553. The van der Waals surface area contributed by atoms with Crippen LogP contribution in [0.4, 0.5) is 0 Å². The van der Waals surface area contributed by atoms with E-state index >= 15 is 0 Å². The van der Waals surface area contributed by atoms with Crippen molar-refractivity contribution in [3.05, 3.63) is 0 Å². The molecule has 0 spiro atoms. The van der Waals surface area contributed by atoms with Crippen LogP contribution in [0.2, 0.25) is 0 Å². The molecule has 0 aromatic rings. The Kier molecular flexibility index (Phi) is 2.99. The summed E-state index contributed by atoms with van der Waals surface area (Å²) in [6.07, 6.45) is 0.961. The lowest BCUT2D eigenvalue weighted by molar-refractivity contribution is -0.158. The average Bonchev–Trinajstić information content (AvgIpc) is 2.42. The molecule has 5 heteroatoms. The van der Waals surface area contributed by atoms with Gasteiger partial charge in [0.2, 0.25) is 11.8 Å². The highest BCUT2D eigenvalue weighted by Crippen LogP contribution is 2.32. The van der Waals surface area contributed by atoms with Gasteiger partial charge >= 0.3 is 0 Å². The molecule has 1 atom stereocenters. The highest BCUT2D eigenvalue weighted by Gasteiger charge is 2.45. The van der Waals surface area contributed by atoms with E-state index in [0.29, 0.717) is 19.6 Å². The molecule has 2 aliphatic rings. The van der Waals surface area contributed by atoms with Crippen molar-refractivity contribution in [3.63, 3.8) is 0 Å². The van der Waals surface area contributed by atoms with E-state index in [1.807, 2.05) is 0 Å². The van der Waals surface area contributed by atoms with Crippen molar-refractivity contribution in [1.29, 1.82) is 0 Å². The highest BCUT2D eigenvalue weighted by molar-refractivity contribution is 6.05. The van der Waals surface area contributed by atoms with Crippen LogP contribution in [-0.4, -0.2) is 42.8 Å². The van der Waals surface area contributed by atoms with E-state index in [9.17, 15) is 9.59 Å². The third-order valence-corrected chi connectivity index (χ3v) is 3.08. The molecule has 2 heterocycles. The number of hydrogen-bond acceptors (Lipinski definition) is 4. The summed E-state index contributed by atoms with van der Waals surface area (Å²) in [4.78, 5) is 25.0. The number of ether oxygens (including phenoxy) is 2. The SMILES string of the molecule is CC1(C)CC(=O)N(C[C@@H]2CCOCO2)C1=O. The molecule has 2 fully saturated rings. The molecule has 0 N–H and O–H groups in total. The fourth-order valence-corrected chi connectivity index (χ4v) is 2.06. The first-order chi connectivity index (χ1) is 7.50. The predicted octanol–water partition coefficient (Wildman–Crippen LogP) is 0.534. The Morgan fingerprint density at radius 1 is 1.44 bits per heavy atom.